The Balaban J connectivity index is 3.20. The van der Waals surface area contributed by atoms with Gasteiger partial charge in [-0.1, -0.05) is 83.8 Å². The quantitative estimate of drug-likeness (QED) is 0.185. The molecule has 0 saturated heterocycles. The molecule has 0 radical (unpaired) electrons. The Kier molecular flexibility index (Phi) is 18.9. The van der Waals surface area contributed by atoms with E-state index in [0.29, 0.717) is 0 Å². The molecule has 0 unspecified atom stereocenters. The van der Waals surface area contributed by atoms with Crippen molar-refractivity contribution in [3.63, 3.8) is 0 Å². The van der Waals surface area contributed by atoms with Crippen LogP contribution in [0.3, 0.4) is 0 Å². The molecule has 0 fully saturated rings. The maximum absolute atomic E-state index is 10.8. The third kappa shape index (κ3) is 17.6. The molecule has 0 bridgehead atoms. The van der Waals surface area contributed by atoms with E-state index in [1.54, 1.807) is 0 Å². The molecule has 0 aliphatic heterocycles. The van der Waals surface area contributed by atoms with Crippen LogP contribution in [0.2, 0.25) is 0 Å². The lowest BCUT2D eigenvalue weighted by Crippen LogP contribution is -2.29. The van der Waals surface area contributed by atoms with Gasteiger partial charge in [-0.05, 0) is 38.6 Å². The van der Waals surface area contributed by atoms with Crippen LogP contribution in [0.25, 0.3) is 0 Å². The van der Waals surface area contributed by atoms with E-state index in [9.17, 15) is 4.79 Å². The van der Waals surface area contributed by atoms with Crippen molar-refractivity contribution >= 4 is 6.29 Å². The van der Waals surface area contributed by atoms with Crippen molar-refractivity contribution in [2.24, 2.45) is 0 Å². The Morgan fingerprint density at radius 2 is 1.26 bits per heavy atom. The zero-order chi connectivity index (χ0) is 17.0. The first-order valence-electron chi connectivity index (χ1n) is 10.2. The number of likely N-dealkylation sites (N-methyl/N-ethyl adjacent to an activating group) is 1. The summed E-state index contributed by atoms with van der Waals surface area (Å²) in [4.78, 5) is 10.8. The molecule has 0 aromatic heterocycles. The van der Waals surface area contributed by atoms with Crippen molar-refractivity contribution in [1.82, 2.24) is 5.32 Å². The van der Waals surface area contributed by atoms with E-state index in [-0.39, 0.29) is 6.04 Å². The maximum atomic E-state index is 10.8. The first kappa shape index (κ1) is 22.4. The van der Waals surface area contributed by atoms with Gasteiger partial charge in [0.05, 0.1) is 6.04 Å². The van der Waals surface area contributed by atoms with Crippen molar-refractivity contribution in [2.45, 2.75) is 110 Å². The summed E-state index contributed by atoms with van der Waals surface area (Å²) in [6, 6.07) is 0.0740. The Bertz CT molecular complexity index is 263. The van der Waals surface area contributed by atoms with Gasteiger partial charge in [-0.3, -0.25) is 0 Å². The van der Waals surface area contributed by atoms with Crippen molar-refractivity contribution in [3.05, 3.63) is 12.2 Å². The van der Waals surface area contributed by atoms with Crippen LogP contribution >= 0.6 is 0 Å². The van der Waals surface area contributed by atoms with Gasteiger partial charge in [-0.2, -0.15) is 0 Å². The van der Waals surface area contributed by atoms with E-state index in [2.05, 4.69) is 31.3 Å². The number of nitrogens with one attached hydrogen (secondary N) is 1. The number of carbonyl (C=O) groups excluding carboxylic acids is 1. The number of hydrogen-bond acceptors (Lipinski definition) is 2. The third-order valence-corrected chi connectivity index (χ3v) is 4.41. The zero-order valence-corrected chi connectivity index (χ0v) is 15.8. The molecule has 2 nitrogen and oxygen atoms in total. The minimum atomic E-state index is 0.0740. The molecule has 0 amide bonds. The van der Waals surface area contributed by atoms with Gasteiger partial charge in [-0.15, -0.1) is 0 Å². The number of unbranched alkanes of at least 4 members (excludes halogenated alkanes) is 11. The fourth-order valence-corrected chi connectivity index (χ4v) is 2.92. The predicted molar refractivity (Wildman–Crippen MR) is 103 cm³/mol. The highest BCUT2D eigenvalue weighted by atomic mass is 16.1. The summed E-state index contributed by atoms with van der Waals surface area (Å²) in [5, 5.41) is 3.20. The van der Waals surface area contributed by atoms with Gasteiger partial charge in [0.1, 0.15) is 6.29 Å². The molecule has 0 saturated carbocycles. The highest BCUT2D eigenvalue weighted by molar-refractivity contribution is 5.57. The van der Waals surface area contributed by atoms with Crippen LogP contribution < -0.4 is 5.32 Å². The summed E-state index contributed by atoms with van der Waals surface area (Å²) >= 11 is 0. The summed E-state index contributed by atoms with van der Waals surface area (Å²) in [6.07, 6.45) is 24.0. The molecule has 0 spiro atoms. The number of aldehydes is 1. The number of rotatable bonds is 18. The Morgan fingerprint density at radius 1 is 0.739 bits per heavy atom. The van der Waals surface area contributed by atoms with E-state index in [1.165, 1.54) is 83.5 Å². The highest BCUT2D eigenvalue weighted by Crippen LogP contribution is 2.10. The monoisotopic (exact) mass is 323 g/mol. The van der Waals surface area contributed by atoms with Gasteiger partial charge in [0.15, 0.2) is 0 Å². The van der Waals surface area contributed by atoms with Crippen LogP contribution in [0.1, 0.15) is 104 Å². The lowest BCUT2D eigenvalue weighted by Gasteiger charge is -2.10. The second-order valence-corrected chi connectivity index (χ2v) is 6.67. The average Bonchev–Trinajstić information content (AvgIpc) is 2.57. The second kappa shape index (κ2) is 19.4. The zero-order valence-electron chi connectivity index (χ0n) is 15.8. The number of allylic oxidation sites excluding steroid dienone is 2. The van der Waals surface area contributed by atoms with Crippen LogP contribution in [-0.2, 0) is 4.79 Å². The topological polar surface area (TPSA) is 29.1 Å². The minimum Gasteiger partial charge on any atom is -0.308 e. The largest absolute Gasteiger partial charge is 0.308 e. The van der Waals surface area contributed by atoms with E-state index >= 15 is 0 Å². The molecule has 0 heterocycles. The van der Waals surface area contributed by atoms with Gasteiger partial charge >= 0.3 is 0 Å². The van der Waals surface area contributed by atoms with Gasteiger partial charge in [-0.25, -0.2) is 0 Å². The summed E-state index contributed by atoms with van der Waals surface area (Å²) in [6.45, 7) is 5.21. The van der Waals surface area contributed by atoms with E-state index in [1.807, 2.05) is 0 Å². The van der Waals surface area contributed by atoms with Crippen LogP contribution in [-0.4, -0.2) is 18.9 Å². The van der Waals surface area contributed by atoms with Crippen molar-refractivity contribution in [2.75, 3.05) is 6.54 Å². The minimum absolute atomic E-state index is 0.0740. The fraction of sp³-hybridized carbons (Fsp3) is 0.857. The number of hydrogen-bond donors (Lipinski definition) is 1. The molecule has 0 rings (SSSR count). The molecule has 23 heavy (non-hydrogen) atoms. The standard InChI is InChI=1S/C21H41NO/c1-3-5-6-7-8-9-10-11-12-13-14-15-16-17-18-19-21(20-23)22-4-2/h11-12,20-22H,3-10,13-19H2,1-2H3/b12-11-/t21-/m1/s1. The van der Waals surface area contributed by atoms with Gasteiger partial charge in [0, 0.05) is 0 Å². The molecule has 136 valence electrons. The SMILES string of the molecule is CCCCCCCC/C=C\CCCCCCC[C@H](C=O)NCC. The molecule has 0 aromatic rings. The summed E-state index contributed by atoms with van der Waals surface area (Å²) in [5.41, 5.74) is 0. The van der Waals surface area contributed by atoms with E-state index in [0.717, 1.165) is 19.3 Å². The third-order valence-electron chi connectivity index (χ3n) is 4.41. The van der Waals surface area contributed by atoms with Gasteiger partial charge < -0.3 is 10.1 Å². The molecule has 0 aliphatic rings. The molecule has 0 aliphatic carbocycles. The Morgan fingerprint density at radius 3 is 1.78 bits per heavy atom. The maximum Gasteiger partial charge on any atom is 0.136 e. The van der Waals surface area contributed by atoms with Crippen molar-refractivity contribution in [1.29, 1.82) is 0 Å². The normalized spacial score (nSPS) is 12.8. The van der Waals surface area contributed by atoms with Crippen LogP contribution in [0, 0.1) is 0 Å². The van der Waals surface area contributed by atoms with Gasteiger partial charge in [0.2, 0.25) is 0 Å². The predicted octanol–water partition coefficient (Wildman–Crippen LogP) is 6.20. The summed E-state index contributed by atoms with van der Waals surface area (Å²) in [7, 11) is 0. The summed E-state index contributed by atoms with van der Waals surface area (Å²) < 4.78 is 0. The molecule has 2 heteroatoms. The second-order valence-electron chi connectivity index (χ2n) is 6.67. The highest BCUT2D eigenvalue weighted by Gasteiger charge is 2.03. The van der Waals surface area contributed by atoms with E-state index in [4.69, 9.17) is 0 Å². The fourth-order valence-electron chi connectivity index (χ4n) is 2.92. The first-order valence-corrected chi connectivity index (χ1v) is 10.2. The van der Waals surface area contributed by atoms with Gasteiger partial charge in [0.25, 0.3) is 0 Å². The molecular weight excluding hydrogens is 282 g/mol. The smallest absolute Gasteiger partial charge is 0.136 e. The molecule has 1 atom stereocenters. The van der Waals surface area contributed by atoms with Crippen LogP contribution in [0.5, 0.6) is 0 Å². The molecule has 1 N–H and O–H groups in total. The molecule has 0 aromatic carbocycles. The van der Waals surface area contributed by atoms with Crippen LogP contribution in [0.15, 0.2) is 12.2 Å². The van der Waals surface area contributed by atoms with Crippen LogP contribution in [0.4, 0.5) is 0 Å². The van der Waals surface area contributed by atoms with Crippen molar-refractivity contribution < 1.29 is 4.79 Å². The van der Waals surface area contributed by atoms with E-state index < -0.39 is 0 Å². The molecular formula is C21H41NO. The number of carbonyl (C=O) groups is 1. The van der Waals surface area contributed by atoms with Crippen molar-refractivity contribution in [3.8, 4) is 0 Å². The average molecular weight is 324 g/mol. The lowest BCUT2D eigenvalue weighted by atomic mass is 10.1. The first-order chi connectivity index (χ1) is 11.3. The summed E-state index contributed by atoms with van der Waals surface area (Å²) in [5.74, 6) is 0. The Labute approximate surface area is 145 Å². The lowest BCUT2D eigenvalue weighted by molar-refractivity contribution is -0.109. The Hall–Kier alpha value is -0.630.